The number of carboxylic acids is 1. The molecule has 1 aromatic rings. The zero-order valence-electron chi connectivity index (χ0n) is 22.8. The van der Waals surface area contributed by atoms with Crippen molar-refractivity contribution in [1.82, 2.24) is 9.80 Å². The maximum absolute atomic E-state index is 13.8. The van der Waals surface area contributed by atoms with Gasteiger partial charge in [0.15, 0.2) is 21.2 Å². The molecule has 0 unspecified atom stereocenters. The number of aromatic hydroxyl groups is 1. The first-order chi connectivity index (χ1) is 19.4. The fourth-order valence-corrected chi connectivity index (χ4v) is 8.15. The van der Waals surface area contributed by atoms with Crippen molar-refractivity contribution in [2.24, 2.45) is 17.8 Å². The number of benzene rings is 1. The van der Waals surface area contributed by atoms with Crippen LogP contribution in [0.2, 0.25) is 0 Å². The smallest absolute Gasteiger partial charge is 0.303 e. The lowest BCUT2D eigenvalue weighted by molar-refractivity contribution is -0.141. The normalized spacial score (nSPS) is 32.5. The number of ether oxygens (including phenoxy) is 1. The van der Waals surface area contributed by atoms with Gasteiger partial charge in [-0.3, -0.25) is 33.8 Å². The SMILES string of the molecule is CCOc1cccc([C@H]2C3=CC[C@@H]4C(=O)N(CCCCCC(=O)O)C(=O)[C@@H]4[C@@H]3C[C@@]3(Cl)C(=O)N(C)C(=O)[C@@]23Cl)c1O. The lowest BCUT2D eigenvalue weighted by atomic mass is 9.56. The van der Waals surface area contributed by atoms with E-state index in [9.17, 15) is 29.1 Å². The van der Waals surface area contributed by atoms with Crippen LogP contribution in [-0.2, 0) is 24.0 Å². The fourth-order valence-electron chi connectivity index (χ4n) is 7.14. The highest BCUT2D eigenvalue weighted by atomic mass is 35.5. The van der Waals surface area contributed by atoms with Gasteiger partial charge >= 0.3 is 5.97 Å². The number of phenols is 1. The summed E-state index contributed by atoms with van der Waals surface area (Å²) >= 11 is 14.3. The Morgan fingerprint density at radius 3 is 2.49 bits per heavy atom. The number of aliphatic carboxylic acids is 1. The zero-order chi connectivity index (χ0) is 29.9. The fraction of sp³-hybridized carbons (Fsp3) is 0.552. The van der Waals surface area contributed by atoms with E-state index in [1.807, 2.05) is 6.08 Å². The minimum absolute atomic E-state index is 0.0143. The van der Waals surface area contributed by atoms with E-state index in [0.717, 1.165) is 4.90 Å². The van der Waals surface area contributed by atoms with Gasteiger partial charge in [0.25, 0.3) is 11.8 Å². The van der Waals surface area contributed by atoms with Crippen molar-refractivity contribution in [3.8, 4) is 11.5 Å². The van der Waals surface area contributed by atoms with Crippen molar-refractivity contribution < 1.29 is 38.9 Å². The van der Waals surface area contributed by atoms with Crippen molar-refractivity contribution in [3.05, 3.63) is 35.4 Å². The third-order valence-corrected chi connectivity index (χ3v) is 10.4. The quantitative estimate of drug-likeness (QED) is 0.188. The number of alkyl halides is 2. The maximum Gasteiger partial charge on any atom is 0.303 e. The summed E-state index contributed by atoms with van der Waals surface area (Å²) < 4.78 is 5.58. The van der Waals surface area contributed by atoms with Crippen LogP contribution in [0.5, 0.6) is 11.5 Å². The molecule has 5 rings (SSSR count). The van der Waals surface area contributed by atoms with Gasteiger partial charge in [-0.25, -0.2) is 0 Å². The molecule has 3 fully saturated rings. The summed E-state index contributed by atoms with van der Waals surface area (Å²) in [5, 5.41) is 20.1. The second-order valence-corrected chi connectivity index (χ2v) is 12.4. The minimum atomic E-state index is -1.99. The molecule has 2 heterocycles. The number of likely N-dealkylation sites (tertiary alicyclic amines) is 2. The minimum Gasteiger partial charge on any atom is -0.504 e. The van der Waals surface area contributed by atoms with Crippen LogP contribution in [0.25, 0.3) is 0 Å². The van der Waals surface area contributed by atoms with Crippen LogP contribution in [0, 0.1) is 17.8 Å². The Kier molecular flexibility index (Phi) is 7.61. The molecule has 12 heteroatoms. The third kappa shape index (κ3) is 4.24. The number of halogens is 2. The topological polar surface area (TPSA) is 142 Å². The number of fused-ring (bicyclic) bond motifs is 4. The number of unbranched alkanes of at least 4 members (excludes halogenated alkanes) is 2. The van der Waals surface area contributed by atoms with Crippen molar-refractivity contribution in [3.63, 3.8) is 0 Å². The average molecular weight is 607 g/mol. The molecule has 0 bridgehead atoms. The Hall–Kier alpha value is -3.11. The number of allylic oxidation sites excluding steroid dienone is 2. The number of nitrogens with zero attached hydrogens (tertiary/aromatic N) is 2. The molecule has 220 valence electrons. The summed E-state index contributed by atoms with van der Waals surface area (Å²) in [5.41, 5.74) is 0.830. The van der Waals surface area contributed by atoms with Gasteiger partial charge in [-0.2, -0.15) is 0 Å². The number of carbonyl (C=O) groups is 5. The Morgan fingerprint density at radius 1 is 1.07 bits per heavy atom. The Morgan fingerprint density at radius 2 is 1.80 bits per heavy atom. The first-order valence-corrected chi connectivity index (χ1v) is 14.6. The van der Waals surface area contributed by atoms with E-state index in [1.165, 1.54) is 11.9 Å². The largest absolute Gasteiger partial charge is 0.504 e. The molecule has 2 saturated heterocycles. The number of para-hydroxylation sites is 1. The number of hydrogen-bond donors (Lipinski definition) is 2. The summed E-state index contributed by atoms with van der Waals surface area (Å²) in [7, 11) is 1.31. The Labute approximate surface area is 247 Å². The standard InChI is InChI=1S/C29H32Cl2N2O8/c1-3-41-19-9-7-8-17(23(19)36)22-15-11-12-16-21(25(38)33(24(16)37)13-6-4-5-10-20(34)35)18(15)14-28(30)26(39)32(2)27(40)29(22,28)31/h7-9,11,16,18,21-22,36H,3-6,10,12-14H2,1-2H3,(H,34,35)/t16-,18+,21-,22+,28+,29-/m0/s1. The predicted octanol–water partition coefficient (Wildman–Crippen LogP) is 3.42. The number of phenolic OH excluding ortho intramolecular Hbond substituents is 1. The molecule has 1 aromatic carbocycles. The number of amides is 4. The van der Waals surface area contributed by atoms with Crippen molar-refractivity contribution in [2.45, 2.75) is 61.1 Å². The van der Waals surface area contributed by atoms with Crippen LogP contribution in [-0.4, -0.2) is 79.6 Å². The lowest BCUT2D eigenvalue weighted by Gasteiger charge is -2.50. The van der Waals surface area contributed by atoms with Crippen LogP contribution in [0.1, 0.15) is 56.9 Å². The highest BCUT2D eigenvalue weighted by Gasteiger charge is 2.76. The van der Waals surface area contributed by atoms with Gasteiger partial charge in [0.05, 0.1) is 18.4 Å². The summed E-state index contributed by atoms with van der Waals surface area (Å²) in [6.07, 6.45) is 3.37. The van der Waals surface area contributed by atoms with Crippen molar-refractivity contribution >= 4 is 52.8 Å². The van der Waals surface area contributed by atoms with E-state index in [4.69, 9.17) is 33.0 Å². The van der Waals surface area contributed by atoms with Gasteiger partial charge in [0, 0.05) is 31.5 Å². The van der Waals surface area contributed by atoms with Crippen LogP contribution in [0.15, 0.2) is 29.8 Å². The van der Waals surface area contributed by atoms with Gasteiger partial charge < -0.3 is 14.9 Å². The summed E-state index contributed by atoms with van der Waals surface area (Å²) in [5.74, 6) is -6.30. The Balaban J connectivity index is 1.55. The van der Waals surface area contributed by atoms with Gasteiger partial charge in [0.2, 0.25) is 11.8 Å². The molecule has 0 aromatic heterocycles. The van der Waals surface area contributed by atoms with E-state index >= 15 is 0 Å². The first kappa shape index (κ1) is 29.4. The van der Waals surface area contributed by atoms with Crippen molar-refractivity contribution in [2.75, 3.05) is 20.2 Å². The summed E-state index contributed by atoms with van der Waals surface area (Å²) in [6.45, 7) is 2.19. The summed E-state index contributed by atoms with van der Waals surface area (Å²) in [4.78, 5) is 63.4. The molecule has 4 amide bonds. The lowest BCUT2D eigenvalue weighted by Crippen LogP contribution is -2.60. The third-order valence-electron chi connectivity index (χ3n) is 9.02. The molecular formula is C29H32Cl2N2O8. The van der Waals surface area contributed by atoms with Crippen LogP contribution < -0.4 is 4.74 Å². The van der Waals surface area contributed by atoms with Crippen molar-refractivity contribution in [1.29, 1.82) is 0 Å². The monoisotopic (exact) mass is 606 g/mol. The molecule has 41 heavy (non-hydrogen) atoms. The molecule has 2 N–H and O–H groups in total. The molecule has 2 aliphatic carbocycles. The van der Waals surface area contributed by atoms with Crippen LogP contribution in [0.4, 0.5) is 0 Å². The molecule has 10 nitrogen and oxygen atoms in total. The van der Waals surface area contributed by atoms with E-state index < -0.39 is 51.2 Å². The number of carboxylic acid groups (broad SMARTS) is 1. The van der Waals surface area contributed by atoms with Gasteiger partial charge in [-0.15, -0.1) is 23.2 Å². The highest BCUT2D eigenvalue weighted by Crippen LogP contribution is 2.66. The van der Waals surface area contributed by atoms with Crippen LogP contribution in [0.3, 0.4) is 0 Å². The maximum atomic E-state index is 13.8. The molecule has 2 aliphatic heterocycles. The van der Waals surface area contributed by atoms with E-state index in [2.05, 4.69) is 0 Å². The highest BCUT2D eigenvalue weighted by molar-refractivity contribution is 6.53. The van der Waals surface area contributed by atoms with Gasteiger partial charge in [0.1, 0.15) is 0 Å². The molecule has 0 spiro atoms. The number of imide groups is 2. The van der Waals surface area contributed by atoms with E-state index in [0.29, 0.717) is 24.8 Å². The molecule has 0 radical (unpaired) electrons. The molecule has 4 aliphatic rings. The number of rotatable bonds is 9. The van der Waals surface area contributed by atoms with Gasteiger partial charge in [-0.1, -0.05) is 30.2 Å². The summed E-state index contributed by atoms with van der Waals surface area (Å²) in [6, 6.07) is 4.82. The first-order valence-electron chi connectivity index (χ1n) is 13.8. The predicted molar refractivity (Wildman–Crippen MR) is 148 cm³/mol. The van der Waals surface area contributed by atoms with Crippen LogP contribution >= 0.6 is 23.2 Å². The number of hydrogen-bond acceptors (Lipinski definition) is 7. The Bertz CT molecular complexity index is 1360. The van der Waals surface area contributed by atoms with E-state index in [1.54, 1.807) is 25.1 Å². The van der Waals surface area contributed by atoms with E-state index in [-0.39, 0.29) is 61.3 Å². The molecule has 6 atom stereocenters. The number of carbonyl (C=O) groups excluding carboxylic acids is 4. The second-order valence-electron chi connectivity index (χ2n) is 11.2. The zero-order valence-corrected chi connectivity index (χ0v) is 24.3. The average Bonchev–Trinajstić information content (AvgIpc) is 3.25. The molecule has 1 saturated carbocycles. The molecular weight excluding hydrogens is 575 g/mol. The van der Waals surface area contributed by atoms with Gasteiger partial charge in [-0.05, 0) is 44.6 Å². The second kappa shape index (κ2) is 10.6.